The molecule has 1 aliphatic carbocycles. The van der Waals surface area contributed by atoms with Gasteiger partial charge in [-0.1, -0.05) is 24.9 Å². The van der Waals surface area contributed by atoms with E-state index in [0.717, 1.165) is 25.7 Å². The summed E-state index contributed by atoms with van der Waals surface area (Å²) in [4.78, 5) is 39.2. The van der Waals surface area contributed by atoms with Crippen molar-refractivity contribution in [3.63, 3.8) is 0 Å². The van der Waals surface area contributed by atoms with Crippen molar-refractivity contribution >= 4 is 23.6 Å². The van der Waals surface area contributed by atoms with Crippen molar-refractivity contribution in [1.82, 2.24) is 15.5 Å². The van der Waals surface area contributed by atoms with E-state index < -0.39 is 17.9 Å². The van der Waals surface area contributed by atoms with E-state index in [-0.39, 0.29) is 29.5 Å². The molecular weight excluding hydrogens is 352 g/mol. The first kappa shape index (κ1) is 19.3. The molecule has 9 nitrogen and oxygen atoms in total. The maximum Gasteiger partial charge on any atom is 0.249 e. The minimum absolute atomic E-state index is 0.0215. The molecular formula is C18H26N4O5. The van der Waals surface area contributed by atoms with Gasteiger partial charge in [-0.3, -0.25) is 24.9 Å². The lowest BCUT2D eigenvalue weighted by Crippen LogP contribution is -2.46. The Kier molecular flexibility index (Phi) is 5.79. The van der Waals surface area contributed by atoms with E-state index in [1.165, 1.54) is 6.20 Å². The van der Waals surface area contributed by atoms with Crippen LogP contribution in [0, 0.1) is 11.3 Å². The third-order valence-corrected chi connectivity index (χ3v) is 5.55. The highest BCUT2D eigenvalue weighted by Gasteiger charge is 2.55. The quantitative estimate of drug-likeness (QED) is 0.467. The van der Waals surface area contributed by atoms with E-state index in [4.69, 9.17) is 9.73 Å². The van der Waals surface area contributed by atoms with Gasteiger partial charge in [-0.2, -0.15) is 0 Å². The molecule has 148 valence electrons. The number of likely N-dealkylation sites (tertiary alicyclic amines) is 1. The van der Waals surface area contributed by atoms with Crippen LogP contribution in [0.5, 0.6) is 0 Å². The standard InChI is InChI=1S/C18H26N4O5/c1-2-3-4-12(9-14(23)21-26)17(25)22-11-18(6-7-18)10-13(22)16(24)20-15-5-8-19-27-15/h5,8,12-13,26H,2-4,6-7,9-11H2,1H3,(H,20,24)(H,21,23)/t12-,13?/m1/s1. The summed E-state index contributed by atoms with van der Waals surface area (Å²) < 4.78 is 4.93. The Balaban J connectivity index is 1.74. The summed E-state index contributed by atoms with van der Waals surface area (Å²) >= 11 is 0. The van der Waals surface area contributed by atoms with Gasteiger partial charge < -0.3 is 9.42 Å². The zero-order chi connectivity index (χ0) is 19.4. The number of amides is 3. The van der Waals surface area contributed by atoms with Crippen molar-refractivity contribution in [3.05, 3.63) is 12.3 Å². The molecule has 1 aliphatic heterocycles. The van der Waals surface area contributed by atoms with Gasteiger partial charge in [0.2, 0.25) is 23.6 Å². The van der Waals surface area contributed by atoms with Crippen LogP contribution in [0.4, 0.5) is 5.88 Å². The van der Waals surface area contributed by atoms with Gasteiger partial charge in [0.1, 0.15) is 6.04 Å². The summed E-state index contributed by atoms with van der Waals surface area (Å²) in [7, 11) is 0. The lowest BCUT2D eigenvalue weighted by Gasteiger charge is -2.28. The van der Waals surface area contributed by atoms with Crippen molar-refractivity contribution in [2.75, 3.05) is 11.9 Å². The lowest BCUT2D eigenvalue weighted by atomic mass is 9.96. The number of hydroxylamine groups is 1. The number of hydrogen-bond donors (Lipinski definition) is 3. The number of hydrogen-bond acceptors (Lipinski definition) is 6. The third-order valence-electron chi connectivity index (χ3n) is 5.55. The number of nitrogens with one attached hydrogen (secondary N) is 2. The fourth-order valence-corrected chi connectivity index (χ4v) is 3.81. The third kappa shape index (κ3) is 4.47. The Hall–Kier alpha value is -2.42. The fraction of sp³-hybridized carbons (Fsp3) is 0.667. The number of nitrogens with zero attached hydrogens (tertiary/aromatic N) is 2. The van der Waals surface area contributed by atoms with Crippen molar-refractivity contribution in [3.8, 4) is 0 Å². The second kappa shape index (κ2) is 8.08. The van der Waals surface area contributed by atoms with E-state index >= 15 is 0 Å². The summed E-state index contributed by atoms with van der Waals surface area (Å²) in [6, 6.07) is 0.952. The van der Waals surface area contributed by atoms with Crippen molar-refractivity contribution in [2.24, 2.45) is 11.3 Å². The van der Waals surface area contributed by atoms with Crippen LogP contribution in [0.1, 0.15) is 51.9 Å². The molecule has 27 heavy (non-hydrogen) atoms. The minimum Gasteiger partial charge on any atom is -0.338 e. The molecule has 2 atom stereocenters. The number of carbonyl (C=O) groups excluding carboxylic acids is 3. The SMILES string of the molecule is CCCC[C@H](CC(=O)NO)C(=O)N1CC2(CC2)CC1C(=O)Nc1ccno1. The zero-order valence-corrected chi connectivity index (χ0v) is 15.4. The molecule has 1 aromatic rings. The maximum absolute atomic E-state index is 13.2. The number of anilines is 1. The Bertz CT molecular complexity index is 686. The molecule has 1 aromatic heterocycles. The largest absolute Gasteiger partial charge is 0.338 e. The fourth-order valence-electron chi connectivity index (χ4n) is 3.81. The average molecular weight is 378 g/mol. The number of aromatic nitrogens is 1. The Labute approximate surface area is 157 Å². The Morgan fingerprint density at radius 1 is 1.44 bits per heavy atom. The maximum atomic E-state index is 13.2. The highest BCUT2D eigenvalue weighted by molar-refractivity contribution is 5.97. The first-order valence-corrected chi connectivity index (χ1v) is 9.43. The Morgan fingerprint density at radius 3 is 2.81 bits per heavy atom. The van der Waals surface area contributed by atoms with Crippen molar-refractivity contribution in [2.45, 2.75) is 57.9 Å². The number of carbonyl (C=O) groups is 3. The summed E-state index contributed by atoms with van der Waals surface area (Å²) in [5.41, 5.74) is 1.62. The summed E-state index contributed by atoms with van der Waals surface area (Å²) in [5, 5.41) is 15.1. The lowest BCUT2D eigenvalue weighted by molar-refractivity contribution is -0.143. The molecule has 9 heteroatoms. The second-order valence-corrected chi connectivity index (χ2v) is 7.63. The van der Waals surface area contributed by atoms with Gasteiger partial charge in [0.15, 0.2) is 0 Å². The van der Waals surface area contributed by atoms with E-state index in [1.807, 2.05) is 6.92 Å². The molecule has 1 unspecified atom stereocenters. The van der Waals surface area contributed by atoms with E-state index in [0.29, 0.717) is 19.4 Å². The van der Waals surface area contributed by atoms with Crippen LogP contribution in [0.25, 0.3) is 0 Å². The number of unbranched alkanes of at least 4 members (excludes halogenated alkanes) is 1. The molecule has 2 aliphatic rings. The van der Waals surface area contributed by atoms with Gasteiger partial charge >= 0.3 is 0 Å². The van der Waals surface area contributed by atoms with Crippen LogP contribution in [0.2, 0.25) is 0 Å². The molecule has 0 radical (unpaired) electrons. The highest BCUT2D eigenvalue weighted by Crippen LogP contribution is 2.55. The topological polar surface area (TPSA) is 125 Å². The molecule has 3 amide bonds. The number of rotatable bonds is 8. The minimum atomic E-state index is -0.591. The smallest absolute Gasteiger partial charge is 0.249 e. The molecule has 2 fully saturated rings. The summed E-state index contributed by atoms with van der Waals surface area (Å²) in [5.74, 6) is -1.40. The van der Waals surface area contributed by atoms with Gasteiger partial charge in [-0.05, 0) is 31.1 Å². The van der Waals surface area contributed by atoms with Crippen LogP contribution in [-0.2, 0) is 14.4 Å². The Morgan fingerprint density at radius 2 is 2.22 bits per heavy atom. The molecule has 1 saturated carbocycles. The van der Waals surface area contributed by atoms with Crippen LogP contribution in [0.15, 0.2) is 16.8 Å². The van der Waals surface area contributed by atoms with Crippen LogP contribution >= 0.6 is 0 Å². The van der Waals surface area contributed by atoms with E-state index in [9.17, 15) is 14.4 Å². The van der Waals surface area contributed by atoms with Gasteiger partial charge in [-0.15, -0.1) is 0 Å². The average Bonchev–Trinajstić information content (AvgIpc) is 3.05. The van der Waals surface area contributed by atoms with Crippen molar-refractivity contribution in [1.29, 1.82) is 0 Å². The molecule has 0 aromatic carbocycles. The molecule has 0 bridgehead atoms. The predicted octanol–water partition coefficient (Wildman–Crippen LogP) is 1.70. The molecule has 3 N–H and O–H groups in total. The van der Waals surface area contributed by atoms with Crippen LogP contribution in [-0.4, -0.2) is 45.6 Å². The molecule has 1 saturated heterocycles. The normalized spacial score (nSPS) is 21.1. The van der Waals surface area contributed by atoms with E-state index in [1.54, 1.807) is 16.4 Å². The van der Waals surface area contributed by atoms with Crippen molar-refractivity contribution < 1.29 is 24.1 Å². The monoisotopic (exact) mass is 378 g/mol. The molecule has 1 spiro atoms. The van der Waals surface area contributed by atoms with Gasteiger partial charge in [0.05, 0.1) is 6.20 Å². The first-order chi connectivity index (χ1) is 13.0. The summed E-state index contributed by atoms with van der Waals surface area (Å²) in [6.07, 6.45) is 6.19. The second-order valence-electron chi connectivity index (χ2n) is 7.63. The zero-order valence-electron chi connectivity index (χ0n) is 15.4. The van der Waals surface area contributed by atoms with Crippen LogP contribution in [0.3, 0.4) is 0 Å². The van der Waals surface area contributed by atoms with Crippen LogP contribution < -0.4 is 10.8 Å². The highest BCUT2D eigenvalue weighted by atomic mass is 16.5. The molecule has 2 heterocycles. The molecule has 3 rings (SSSR count). The van der Waals surface area contributed by atoms with Gasteiger partial charge in [0.25, 0.3) is 0 Å². The van der Waals surface area contributed by atoms with E-state index in [2.05, 4.69) is 10.5 Å². The first-order valence-electron chi connectivity index (χ1n) is 9.43. The predicted molar refractivity (Wildman–Crippen MR) is 94.5 cm³/mol. The van der Waals surface area contributed by atoms with Gasteiger partial charge in [0, 0.05) is 24.9 Å². The summed E-state index contributed by atoms with van der Waals surface area (Å²) in [6.45, 7) is 2.54. The van der Waals surface area contributed by atoms with Gasteiger partial charge in [-0.25, -0.2) is 5.48 Å².